The van der Waals surface area contributed by atoms with E-state index < -0.39 is 23.8 Å². The SMILES string of the molecule is COc1ccc(COC(=O)[C@@H]2[C@@H](Cc3ccc(Cl)s3)C(=O)N2C(=O)CC(c2ccccc2)c2ccccc2)cc1. The van der Waals surface area contributed by atoms with Crippen molar-refractivity contribution in [1.29, 1.82) is 0 Å². The molecule has 0 N–H and O–H groups in total. The number of ether oxygens (including phenoxy) is 2. The van der Waals surface area contributed by atoms with E-state index in [1.807, 2.05) is 66.7 Å². The van der Waals surface area contributed by atoms with Crippen molar-refractivity contribution in [2.75, 3.05) is 7.11 Å². The van der Waals surface area contributed by atoms with Crippen molar-refractivity contribution in [2.45, 2.75) is 31.4 Å². The topological polar surface area (TPSA) is 72.9 Å². The van der Waals surface area contributed by atoms with Gasteiger partial charge in [-0.05, 0) is 47.4 Å². The highest BCUT2D eigenvalue weighted by Crippen LogP contribution is 2.37. The van der Waals surface area contributed by atoms with Crippen LogP contribution in [0.4, 0.5) is 0 Å². The third-order valence-electron chi connectivity index (χ3n) is 7.10. The molecule has 40 heavy (non-hydrogen) atoms. The summed E-state index contributed by atoms with van der Waals surface area (Å²) in [5.41, 5.74) is 2.68. The average Bonchev–Trinajstić information content (AvgIpc) is 3.41. The predicted molar refractivity (Wildman–Crippen MR) is 154 cm³/mol. The number of hydrogen-bond donors (Lipinski definition) is 0. The summed E-state index contributed by atoms with van der Waals surface area (Å²) < 4.78 is 11.4. The van der Waals surface area contributed by atoms with Gasteiger partial charge in [0.05, 0.1) is 17.4 Å². The Kier molecular flexibility index (Phi) is 8.63. The molecule has 3 aromatic carbocycles. The number of esters is 1. The van der Waals surface area contributed by atoms with Crippen LogP contribution in [0.15, 0.2) is 97.1 Å². The molecule has 1 saturated heterocycles. The Labute approximate surface area is 242 Å². The number of benzene rings is 3. The molecule has 2 atom stereocenters. The van der Waals surface area contributed by atoms with Crippen LogP contribution in [0.2, 0.25) is 4.34 Å². The normalized spacial score (nSPS) is 16.5. The minimum absolute atomic E-state index is 0.0176. The van der Waals surface area contributed by atoms with Crippen molar-refractivity contribution >= 4 is 40.7 Å². The highest BCUT2D eigenvalue weighted by molar-refractivity contribution is 7.16. The Bertz CT molecular complexity index is 1430. The molecule has 1 aliphatic rings. The molecule has 0 aliphatic carbocycles. The summed E-state index contributed by atoms with van der Waals surface area (Å²) in [4.78, 5) is 42.5. The van der Waals surface area contributed by atoms with Gasteiger partial charge in [0.1, 0.15) is 18.4 Å². The second kappa shape index (κ2) is 12.5. The minimum Gasteiger partial charge on any atom is -0.497 e. The maximum absolute atomic E-state index is 13.7. The summed E-state index contributed by atoms with van der Waals surface area (Å²) in [6.07, 6.45) is 0.350. The first-order valence-corrected chi connectivity index (χ1v) is 14.1. The molecule has 2 amide bonds. The number of methoxy groups -OCH3 is 1. The van der Waals surface area contributed by atoms with Gasteiger partial charge in [0, 0.05) is 17.2 Å². The Balaban J connectivity index is 1.37. The molecule has 5 rings (SSSR count). The molecule has 0 unspecified atom stereocenters. The van der Waals surface area contributed by atoms with Crippen molar-refractivity contribution in [3.63, 3.8) is 0 Å². The largest absolute Gasteiger partial charge is 0.497 e. The van der Waals surface area contributed by atoms with Crippen molar-refractivity contribution in [3.8, 4) is 5.75 Å². The van der Waals surface area contributed by atoms with Crippen LogP contribution in [0.3, 0.4) is 0 Å². The number of likely N-dealkylation sites (tertiary alicyclic amines) is 1. The fourth-order valence-corrected chi connectivity index (χ4v) is 6.15. The maximum atomic E-state index is 13.7. The van der Waals surface area contributed by atoms with E-state index in [1.165, 1.54) is 11.3 Å². The number of β-lactam (4-membered cyclic amide) rings is 1. The first kappa shape index (κ1) is 27.6. The first-order chi connectivity index (χ1) is 19.4. The Morgan fingerprint density at radius 2 is 1.52 bits per heavy atom. The van der Waals surface area contributed by atoms with Gasteiger partial charge < -0.3 is 9.47 Å². The second-order valence-electron chi connectivity index (χ2n) is 9.60. The molecular weight excluding hydrogens is 546 g/mol. The van der Waals surface area contributed by atoms with Gasteiger partial charge in [-0.1, -0.05) is 84.4 Å². The van der Waals surface area contributed by atoms with E-state index in [9.17, 15) is 14.4 Å². The lowest BCUT2D eigenvalue weighted by Gasteiger charge is -2.44. The summed E-state index contributed by atoms with van der Waals surface area (Å²) >= 11 is 7.46. The van der Waals surface area contributed by atoms with Crippen LogP contribution in [-0.2, 0) is 32.1 Å². The molecule has 1 fully saturated rings. The molecule has 1 aromatic heterocycles. The zero-order valence-corrected chi connectivity index (χ0v) is 23.4. The fourth-order valence-electron chi connectivity index (χ4n) is 5.01. The molecular formula is C32H28ClNO5S. The summed E-state index contributed by atoms with van der Waals surface area (Å²) in [5, 5.41) is 0. The zero-order chi connectivity index (χ0) is 28.1. The van der Waals surface area contributed by atoms with E-state index in [2.05, 4.69) is 0 Å². The van der Waals surface area contributed by atoms with E-state index in [-0.39, 0.29) is 24.9 Å². The predicted octanol–water partition coefficient (Wildman–Crippen LogP) is 6.27. The lowest BCUT2D eigenvalue weighted by Crippen LogP contribution is -2.67. The number of hydrogen-bond acceptors (Lipinski definition) is 6. The second-order valence-corrected chi connectivity index (χ2v) is 11.4. The minimum atomic E-state index is -1.01. The van der Waals surface area contributed by atoms with Gasteiger partial charge in [-0.3, -0.25) is 14.5 Å². The Morgan fingerprint density at radius 1 is 0.900 bits per heavy atom. The summed E-state index contributed by atoms with van der Waals surface area (Å²) in [6, 6.07) is 29.1. The third-order valence-corrected chi connectivity index (χ3v) is 8.35. The van der Waals surface area contributed by atoms with Gasteiger partial charge in [-0.25, -0.2) is 4.79 Å². The monoisotopic (exact) mass is 573 g/mol. The Hall–Kier alpha value is -3.94. The molecule has 1 aliphatic heterocycles. The number of carbonyl (C=O) groups is 3. The number of imide groups is 1. The standard InChI is InChI=1S/C32H28ClNO5S/c1-38-24-14-12-21(13-15-24)20-39-32(37)30-27(18-25-16-17-28(33)40-25)31(36)34(30)29(35)19-26(22-8-4-2-5-9-22)23-10-6-3-7-11-23/h2-17,26-27,30H,18-20H2,1H3/t27-,30+/m1/s1. The molecule has 0 spiro atoms. The smallest absolute Gasteiger partial charge is 0.330 e. The van der Waals surface area contributed by atoms with Crippen LogP contribution in [0.5, 0.6) is 5.75 Å². The third kappa shape index (κ3) is 6.11. The van der Waals surface area contributed by atoms with Crippen LogP contribution in [0.1, 0.15) is 33.9 Å². The zero-order valence-electron chi connectivity index (χ0n) is 21.9. The highest BCUT2D eigenvalue weighted by Gasteiger charge is 2.55. The van der Waals surface area contributed by atoms with E-state index in [1.54, 1.807) is 37.4 Å². The molecule has 0 bridgehead atoms. The molecule has 4 aromatic rings. The number of halogens is 1. The van der Waals surface area contributed by atoms with Crippen LogP contribution >= 0.6 is 22.9 Å². The fraction of sp³-hybridized carbons (Fsp3) is 0.219. The van der Waals surface area contributed by atoms with Crippen LogP contribution < -0.4 is 4.74 Å². The lowest BCUT2D eigenvalue weighted by atomic mass is 9.82. The quantitative estimate of drug-likeness (QED) is 0.165. The summed E-state index contributed by atoms with van der Waals surface area (Å²) in [6.45, 7) is 0.0176. The van der Waals surface area contributed by atoms with E-state index in [0.29, 0.717) is 16.5 Å². The van der Waals surface area contributed by atoms with Crippen molar-refractivity contribution in [3.05, 3.63) is 123 Å². The van der Waals surface area contributed by atoms with E-state index in [0.717, 1.165) is 26.5 Å². The summed E-state index contributed by atoms with van der Waals surface area (Å²) in [7, 11) is 1.58. The van der Waals surface area contributed by atoms with Crippen molar-refractivity contribution < 1.29 is 23.9 Å². The maximum Gasteiger partial charge on any atom is 0.330 e. The van der Waals surface area contributed by atoms with Crippen LogP contribution in [-0.4, -0.2) is 35.8 Å². The summed E-state index contributed by atoms with van der Waals surface area (Å²) in [5.74, 6) is -1.66. The van der Waals surface area contributed by atoms with Crippen molar-refractivity contribution in [1.82, 2.24) is 4.90 Å². The van der Waals surface area contributed by atoms with Gasteiger partial charge >= 0.3 is 5.97 Å². The molecule has 8 heteroatoms. The number of nitrogens with zero attached hydrogens (tertiary/aromatic N) is 1. The van der Waals surface area contributed by atoms with E-state index >= 15 is 0 Å². The van der Waals surface area contributed by atoms with Crippen LogP contribution in [0.25, 0.3) is 0 Å². The number of carbonyl (C=O) groups excluding carboxylic acids is 3. The van der Waals surface area contributed by atoms with E-state index in [4.69, 9.17) is 21.1 Å². The molecule has 0 saturated carbocycles. The van der Waals surface area contributed by atoms with Gasteiger partial charge in [0.2, 0.25) is 11.8 Å². The Morgan fingerprint density at radius 3 is 2.08 bits per heavy atom. The number of amides is 2. The number of thiophene rings is 1. The van der Waals surface area contributed by atoms with Gasteiger partial charge in [-0.2, -0.15) is 0 Å². The average molecular weight is 574 g/mol. The molecule has 6 nitrogen and oxygen atoms in total. The van der Waals surface area contributed by atoms with Crippen molar-refractivity contribution in [2.24, 2.45) is 5.92 Å². The lowest BCUT2D eigenvalue weighted by molar-refractivity contribution is -0.180. The first-order valence-electron chi connectivity index (χ1n) is 12.9. The van der Waals surface area contributed by atoms with Crippen LogP contribution in [0, 0.1) is 5.92 Å². The van der Waals surface area contributed by atoms with Gasteiger partial charge in [-0.15, -0.1) is 11.3 Å². The molecule has 204 valence electrons. The van der Waals surface area contributed by atoms with Gasteiger partial charge in [0.25, 0.3) is 0 Å². The number of rotatable bonds is 10. The molecule has 0 radical (unpaired) electrons. The molecule has 2 heterocycles. The highest BCUT2D eigenvalue weighted by atomic mass is 35.5. The van der Waals surface area contributed by atoms with Gasteiger partial charge in [0.15, 0.2) is 0 Å².